The van der Waals surface area contributed by atoms with Crippen molar-refractivity contribution >= 4 is 49.6 Å². The Morgan fingerprint density at radius 2 is 1.21 bits per heavy atom. The number of benzene rings is 5. The summed E-state index contributed by atoms with van der Waals surface area (Å²) in [5.74, 6) is -2.01. The number of phenolic OH excluding ortho intramolecular Hbond substituents is 1. The summed E-state index contributed by atoms with van der Waals surface area (Å²) in [7, 11) is -4.73. The van der Waals surface area contributed by atoms with Gasteiger partial charge in [-0.2, -0.15) is 15.3 Å². The van der Waals surface area contributed by atoms with Gasteiger partial charge in [0.25, 0.3) is 0 Å². The van der Waals surface area contributed by atoms with Crippen molar-refractivity contribution in [3.05, 3.63) is 103 Å². The van der Waals surface area contributed by atoms with Gasteiger partial charge in [0, 0.05) is 0 Å². The topological polar surface area (TPSA) is 184 Å². The van der Waals surface area contributed by atoms with E-state index in [0.29, 0.717) is 22.4 Å². The van der Waals surface area contributed by atoms with Crippen LogP contribution < -0.4 is 29.6 Å². The first kappa shape index (κ1) is 30.5. The molecule has 5 aromatic rings. The molecule has 0 heterocycles. The maximum Gasteiger partial charge on any atom is 1.00 e. The number of carboxylic acid groups (broad SMARTS) is 1. The van der Waals surface area contributed by atoms with E-state index in [-0.39, 0.29) is 51.9 Å². The van der Waals surface area contributed by atoms with Crippen molar-refractivity contribution in [2.45, 2.75) is 4.90 Å². The molecule has 0 saturated heterocycles. The van der Waals surface area contributed by atoms with Gasteiger partial charge in [-0.05, 0) is 77.2 Å². The zero-order chi connectivity index (χ0) is 29.1. The van der Waals surface area contributed by atoms with E-state index in [0.717, 1.165) is 17.2 Å². The molecule has 3 N–H and O–H groups in total. The number of hydrogen-bond acceptors (Lipinski definition) is 10. The van der Waals surface area contributed by atoms with Gasteiger partial charge in [-0.25, -0.2) is 13.2 Å². The molecule has 0 aliphatic heterocycles. The van der Waals surface area contributed by atoms with Crippen LogP contribution in [0.4, 0.5) is 22.7 Å². The first-order valence-electron chi connectivity index (χ1n) is 11.9. The number of aromatic hydroxyl groups is 2. The summed E-state index contributed by atoms with van der Waals surface area (Å²) in [6, 6.07) is 25.2. The van der Waals surface area contributed by atoms with Crippen LogP contribution in [-0.4, -0.2) is 34.3 Å². The molecule has 0 aliphatic carbocycles. The number of aromatic carboxylic acids is 1. The van der Waals surface area contributed by atoms with Crippen LogP contribution in [0.25, 0.3) is 21.9 Å². The van der Waals surface area contributed by atoms with Crippen LogP contribution in [0.1, 0.15) is 10.4 Å². The fourth-order valence-electron chi connectivity index (χ4n) is 4.01. The van der Waals surface area contributed by atoms with Gasteiger partial charge in [0.05, 0.1) is 33.0 Å². The molecule has 5 aromatic carbocycles. The van der Waals surface area contributed by atoms with Crippen molar-refractivity contribution in [2.24, 2.45) is 20.5 Å². The van der Waals surface area contributed by atoms with E-state index < -0.39 is 26.7 Å². The quantitative estimate of drug-likeness (QED) is 0.143. The minimum Gasteiger partial charge on any atom is -0.744 e. The Morgan fingerprint density at radius 3 is 1.79 bits per heavy atom. The molecule has 5 rings (SSSR count). The molecule has 13 heteroatoms. The second-order valence-corrected chi connectivity index (χ2v) is 10.2. The minimum atomic E-state index is -4.73. The summed E-state index contributed by atoms with van der Waals surface area (Å²) in [6.07, 6.45) is 0. The molecule has 0 saturated carbocycles. The summed E-state index contributed by atoms with van der Waals surface area (Å²) in [6.45, 7) is 0. The van der Waals surface area contributed by atoms with Crippen LogP contribution in [0, 0.1) is 0 Å². The minimum absolute atomic E-state index is 0. The molecule has 0 radical (unpaired) electrons. The van der Waals surface area contributed by atoms with Crippen molar-refractivity contribution < 1.29 is 62.6 Å². The third kappa shape index (κ3) is 6.87. The first-order valence-corrected chi connectivity index (χ1v) is 13.3. The van der Waals surface area contributed by atoms with Crippen molar-refractivity contribution in [3.8, 4) is 22.6 Å². The van der Waals surface area contributed by atoms with Gasteiger partial charge in [0.1, 0.15) is 27.2 Å². The third-order valence-corrected chi connectivity index (χ3v) is 6.84. The largest absolute Gasteiger partial charge is 1.00 e. The summed E-state index contributed by atoms with van der Waals surface area (Å²) in [5, 5.41) is 46.3. The molecule has 204 valence electrons. The average Bonchev–Trinajstić information content (AvgIpc) is 2.95. The number of fused-ring (bicyclic) bond motifs is 1. The number of carboxylic acids is 1. The van der Waals surface area contributed by atoms with Crippen LogP contribution in [0.3, 0.4) is 0 Å². The fraction of sp³-hybridized carbons (Fsp3) is 0. The predicted molar refractivity (Wildman–Crippen MR) is 149 cm³/mol. The molecular formula is C29H19N4NaO7S. The van der Waals surface area contributed by atoms with Crippen molar-refractivity contribution in [2.75, 3.05) is 0 Å². The van der Waals surface area contributed by atoms with Gasteiger partial charge >= 0.3 is 35.5 Å². The van der Waals surface area contributed by atoms with E-state index >= 15 is 0 Å². The average molecular weight is 591 g/mol. The molecule has 0 aromatic heterocycles. The summed E-state index contributed by atoms with van der Waals surface area (Å²) in [5.41, 5.74) is 3.19. The first-order chi connectivity index (χ1) is 19.6. The molecule has 0 aliphatic rings. The number of nitrogens with zero attached hydrogens (tertiary/aromatic N) is 4. The summed E-state index contributed by atoms with van der Waals surface area (Å²) in [4.78, 5) is 10.6. The van der Waals surface area contributed by atoms with Crippen molar-refractivity contribution in [3.63, 3.8) is 0 Å². The van der Waals surface area contributed by atoms with Crippen LogP contribution in [0.15, 0.2) is 122 Å². The Hall–Kier alpha value is -4.46. The van der Waals surface area contributed by atoms with E-state index in [1.807, 2.05) is 24.3 Å². The number of phenols is 2. The molecule has 0 amide bonds. The van der Waals surface area contributed by atoms with E-state index in [1.54, 1.807) is 42.5 Å². The number of hydrogen-bond donors (Lipinski definition) is 3. The Kier molecular flexibility index (Phi) is 9.14. The molecule has 0 spiro atoms. The number of rotatable bonds is 7. The Morgan fingerprint density at radius 1 is 0.667 bits per heavy atom. The normalized spacial score (nSPS) is 11.6. The van der Waals surface area contributed by atoms with E-state index in [4.69, 9.17) is 5.11 Å². The monoisotopic (exact) mass is 590 g/mol. The van der Waals surface area contributed by atoms with Gasteiger partial charge in [0.2, 0.25) is 0 Å². The van der Waals surface area contributed by atoms with Crippen LogP contribution in [0.2, 0.25) is 0 Å². The third-order valence-electron chi connectivity index (χ3n) is 6.03. The van der Waals surface area contributed by atoms with E-state index in [9.17, 15) is 28.0 Å². The second kappa shape index (κ2) is 12.6. The molecule has 0 unspecified atom stereocenters. The molecule has 0 fully saturated rings. The fourth-order valence-corrected chi connectivity index (χ4v) is 4.54. The predicted octanol–water partition coefficient (Wildman–Crippen LogP) is 4.36. The van der Waals surface area contributed by atoms with Gasteiger partial charge in [-0.1, -0.05) is 36.4 Å². The van der Waals surface area contributed by atoms with Gasteiger partial charge in [-0.15, -0.1) is 5.11 Å². The molecule has 0 atom stereocenters. The standard InChI is InChI=1S/C29H20N4O7S.Na/c34-26-13-12-22(15-24(26)29(36)37)32-30-20-8-4-17(5-9-20)18-6-10-21(11-7-18)31-33-25-3-1-2-19-14-23(41(38,39)40)16-27(35)28(19)25;/h1-16,34-35H,(H,36,37)(H,38,39,40);/q;+1/p-1. The Balaban J connectivity index is 0.00000405. The second-order valence-electron chi connectivity index (χ2n) is 8.77. The van der Waals surface area contributed by atoms with Crippen LogP contribution >= 0.6 is 0 Å². The molecular weight excluding hydrogens is 571 g/mol. The smallest absolute Gasteiger partial charge is 0.744 e. The summed E-state index contributed by atoms with van der Waals surface area (Å²) >= 11 is 0. The van der Waals surface area contributed by atoms with Crippen LogP contribution in [-0.2, 0) is 10.1 Å². The maximum atomic E-state index is 11.4. The van der Waals surface area contributed by atoms with Gasteiger partial charge in [-0.3, -0.25) is 0 Å². The Bertz CT molecular complexity index is 1960. The SMILES string of the molecule is O=C(O)c1cc(N=Nc2ccc(-c3ccc(N=Nc4cccc5cc(S(=O)(=O)[O-])cc(O)c45)cc3)cc2)ccc1O.[Na+]. The van der Waals surface area contributed by atoms with Gasteiger partial charge < -0.3 is 19.9 Å². The van der Waals surface area contributed by atoms with Crippen LogP contribution in [0.5, 0.6) is 11.5 Å². The molecule has 42 heavy (non-hydrogen) atoms. The molecule has 11 nitrogen and oxygen atoms in total. The van der Waals surface area contributed by atoms with E-state index in [2.05, 4.69) is 20.5 Å². The molecule has 0 bridgehead atoms. The number of azo groups is 2. The van der Waals surface area contributed by atoms with E-state index in [1.165, 1.54) is 24.3 Å². The van der Waals surface area contributed by atoms with Gasteiger partial charge in [0.15, 0.2) is 0 Å². The van der Waals surface area contributed by atoms with Crippen molar-refractivity contribution in [1.82, 2.24) is 0 Å². The zero-order valence-corrected chi connectivity index (χ0v) is 24.7. The zero-order valence-electron chi connectivity index (χ0n) is 21.9. The number of carbonyl (C=O) groups is 1. The van der Waals surface area contributed by atoms with Crippen molar-refractivity contribution in [1.29, 1.82) is 0 Å². The maximum absolute atomic E-state index is 11.4. The Labute approximate surface area is 261 Å². The summed E-state index contributed by atoms with van der Waals surface area (Å²) < 4.78 is 34.1.